The number of H-pyrrole nitrogens is 1. The zero-order chi connectivity index (χ0) is 14.1. The molecule has 0 amide bonds. The normalized spacial score (nSPS) is 10.7. The van der Waals surface area contributed by atoms with Gasteiger partial charge in [-0.25, -0.2) is 9.78 Å². The van der Waals surface area contributed by atoms with Crippen LogP contribution < -0.4 is 0 Å². The van der Waals surface area contributed by atoms with Gasteiger partial charge in [-0.05, 0) is 46.9 Å². The number of ether oxygens (including phenoxy) is 1. The Morgan fingerprint density at radius 3 is 2.75 bits per heavy atom. The van der Waals surface area contributed by atoms with E-state index in [2.05, 4.69) is 32.6 Å². The summed E-state index contributed by atoms with van der Waals surface area (Å²) >= 11 is 2.13. The highest BCUT2D eigenvalue weighted by molar-refractivity contribution is 14.1. The van der Waals surface area contributed by atoms with E-state index in [-0.39, 0.29) is 5.97 Å². The van der Waals surface area contributed by atoms with E-state index in [4.69, 9.17) is 4.74 Å². The quantitative estimate of drug-likeness (QED) is 0.548. The number of nitrogens with one attached hydrogen (secondary N) is 1. The first-order chi connectivity index (χ1) is 9.69. The van der Waals surface area contributed by atoms with Crippen LogP contribution >= 0.6 is 22.6 Å². The van der Waals surface area contributed by atoms with Gasteiger partial charge in [0.25, 0.3) is 0 Å². The number of carbonyl (C=O) groups excluding carboxylic acids is 1. The van der Waals surface area contributed by atoms with Crippen molar-refractivity contribution in [3.8, 4) is 11.4 Å². The maximum absolute atomic E-state index is 11.6. The lowest BCUT2D eigenvalue weighted by Gasteiger charge is -2.04. The molecule has 0 bridgehead atoms. The van der Waals surface area contributed by atoms with Gasteiger partial charge in [0.2, 0.25) is 0 Å². The maximum atomic E-state index is 11.6. The van der Waals surface area contributed by atoms with Crippen molar-refractivity contribution in [1.29, 1.82) is 0 Å². The van der Waals surface area contributed by atoms with E-state index in [0.717, 1.165) is 26.0 Å². The average Bonchev–Trinajstić information content (AvgIpc) is 2.90. The summed E-state index contributed by atoms with van der Waals surface area (Å²) in [6.07, 6.45) is 0. The average molecular weight is 378 g/mol. The third-order valence-electron chi connectivity index (χ3n) is 3.04. The number of benzene rings is 2. The second kappa shape index (κ2) is 5.24. The first kappa shape index (κ1) is 13.1. The highest BCUT2D eigenvalue weighted by Gasteiger charge is 2.12. The minimum absolute atomic E-state index is 0.328. The zero-order valence-electron chi connectivity index (χ0n) is 10.7. The molecule has 4 nitrogen and oxygen atoms in total. The Labute approximate surface area is 129 Å². The lowest BCUT2D eigenvalue weighted by molar-refractivity contribution is 0.0599. The fourth-order valence-corrected chi connectivity index (χ4v) is 2.76. The molecule has 3 aromatic rings. The molecule has 1 N–H and O–H groups in total. The van der Waals surface area contributed by atoms with E-state index in [1.807, 2.05) is 36.4 Å². The molecule has 0 aliphatic heterocycles. The Balaban J connectivity index is 2.06. The van der Waals surface area contributed by atoms with Gasteiger partial charge in [0.15, 0.2) is 0 Å². The van der Waals surface area contributed by atoms with Gasteiger partial charge in [-0.1, -0.05) is 18.2 Å². The molecule has 20 heavy (non-hydrogen) atoms. The van der Waals surface area contributed by atoms with Crippen molar-refractivity contribution in [2.45, 2.75) is 0 Å². The van der Waals surface area contributed by atoms with E-state index in [1.165, 1.54) is 7.11 Å². The molecular weight excluding hydrogens is 367 g/mol. The SMILES string of the molecule is COC(=O)c1ccc(-c2nc3ccccc3[nH]2)cc1I. The third kappa shape index (κ3) is 2.29. The number of aromatic amines is 1. The standard InChI is InChI=1S/C15H11IN2O2/c1-20-15(19)10-7-6-9(8-11(10)16)14-17-12-4-2-3-5-13(12)18-14/h2-8H,1H3,(H,17,18). The first-order valence-corrected chi connectivity index (χ1v) is 7.10. The van der Waals surface area contributed by atoms with Crippen LogP contribution in [-0.2, 0) is 4.74 Å². The number of imidazole rings is 1. The second-order valence-corrected chi connectivity index (χ2v) is 5.45. The van der Waals surface area contributed by atoms with Crippen molar-refractivity contribution in [1.82, 2.24) is 9.97 Å². The van der Waals surface area contributed by atoms with Gasteiger partial charge in [-0.3, -0.25) is 0 Å². The van der Waals surface area contributed by atoms with E-state index < -0.39 is 0 Å². The van der Waals surface area contributed by atoms with Gasteiger partial charge >= 0.3 is 5.97 Å². The van der Waals surface area contributed by atoms with Crippen LogP contribution in [-0.4, -0.2) is 23.0 Å². The number of esters is 1. The highest BCUT2D eigenvalue weighted by atomic mass is 127. The Morgan fingerprint density at radius 1 is 1.25 bits per heavy atom. The molecule has 0 spiro atoms. The monoisotopic (exact) mass is 378 g/mol. The minimum atomic E-state index is -0.328. The fraction of sp³-hybridized carbons (Fsp3) is 0.0667. The number of fused-ring (bicyclic) bond motifs is 1. The van der Waals surface area contributed by atoms with Gasteiger partial charge in [-0.15, -0.1) is 0 Å². The van der Waals surface area contributed by atoms with Gasteiger partial charge in [0.05, 0.1) is 23.7 Å². The lowest BCUT2D eigenvalue weighted by atomic mass is 10.1. The van der Waals surface area contributed by atoms with Gasteiger partial charge in [0.1, 0.15) is 5.82 Å². The highest BCUT2D eigenvalue weighted by Crippen LogP contribution is 2.24. The van der Waals surface area contributed by atoms with E-state index in [0.29, 0.717) is 5.56 Å². The molecular formula is C15H11IN2O2. The van der Waals surface area contributed by atoms with Crippen molar-refractivity contribution in [2.75, 3.05) is 7.11 Å². The predicted molar refractivity (Wildman–Crippen MR) is 85.6 cm³/mol. The van der Waals surface area contributed by atoms with Crippen molar-refractivity contribution >= 4 is 39.6 Å². The molecule has 0 atom stereocenters. The van der Waals surface area contributed by atoms with E-state index in [1.54, 1.807) is 6.07 Å². The number of hydrogen-bond acceptors (Lipinski definition) is 3. The Kier molecular flexibility index (Phi) is 3.43. The zero-order valence-corrected chi connectivity index (χ0v) is 12.8. The molecule has 1 aromatic heterocycles. The molecule has 100 valence electrons. The summed E-state index contributed by atoms with van der Waals surface area (Å²) in [6.45, 7) is 0. The number of halogens is 1. The van der Waals surface area contributed by atoms with Crippen LogP contribution in [0.2, 0.25) is 0 Å². The summed E-state index contributed by atoms with van der Waals surface area (Å²) < 4.78 is 5.58. The molecule has 0 aliphatic rings. The van der Waals surface area contributed by atoms with E-state index >= 15 is 0 Å². The minimum Gasteiger partial charge on any atom is -0.465 e. The van der Waals surface area contributed by atoms with Gasteiger partial charge < -0.3 is 9.72 Å². The molecule has 5 heteroatoms. The predicted octanol–water partition coefficient (Wildman–Crippen LogP) is 3.62. The van der Waals surface area contributed by atoms with Crippen LogP contribution in [0.4, 0.5) is 0 Å². The van der Waals surface area contributed by atoms with Crippen LogP contribution in [0, 0.1) is 3.57 Å². The number of aromatic nitrogens is 2. The third-order valence-corrected chi connectivity index (χ3v) is 3.93. The summed E-state index contributed by atoms with van der Waals surface area (Å²) in [4.78, 5) is 19.4. The number of methoxy groups -OCH3 is 1. The topological polar surface area (TPSA) is 55.0 Å². The summed E-state index contributed by atoms with van der Waals surface area (Å²) in [6, 6.07) is 13.4. The van der Waals surface area contributed by atoms with Crippen molar-refractivity contribution in [2.24, 2.45) is 0 Å². The first-order valence-electron chi connectivity index (χ1n) is 6.02. The van der Waals surface area contributed by atoms with Crippen molar-refractivity contribution in [3.63, 3.8) is 0 Å². The molecule has 1 heterocycles. The van der Waals surface area contributed by atoms with Crippen molar-refractivity contribution in [3.05, 3.63) is 51.6 Å². The molecule has 0 radical (unpaired) electrons. The second-order valence-electron chi connectivity index (χ2n) is 4.29. The van der Waals surface area contributed by atoms with Crippen LogP contribution in [0.5, 0.6) is 0 Å². The largest absolute Gasteiger partial charge is 0.465 e. The Morgan fingerprint density at radius 2 is 2.05 bits per heavy atom. The molecule has 3 rings (SSSR count). The number of nitrogens with zero attached hydrogens (tertiary/aromatic N) is 1. The number of carbonyl (C=O) groups is 1. The maximum Gasteiger partial charge on any atom is 0.338 e. The van der Waals surface area contributed by atoms with Gasteiger partial charge in [0, 0.05) is 9.13 Å². The smallest absolute Gasteiger partial charge is 0.338 e. The molecule has 0 aliphatic carbocycles. The van der Waals surface area contributed by atoms with Gasteiger partial charge in [-0.2, -0.15) is 0 Å². The van der Waals surface area contributed by atoms with Crippen LogP contribution in [0.15, 0.2) is 42.5 Å². The summed E-state index contributed by atoms with van der Waals surface area (Å²) in [5.41, 5.74) is 3.43. The van der Waals surface area contributed by atoms with Crippen LogP contribution in [0.1, 0.15) is 10.4 Å². The molecule has 0 saturated heterocycles. The Hall–Kier alpha value is -1.89. The Bertz CT molecular complexity index is 762. The molecule has 0 unspecified atom stereocenters. The number of hydrogen-bond donors (Lipinski definition) is 1. The van der Waals surface area contributed by atoms with Crippen LogP contribution in [0.3, 0.4) is 0 Å². The number of rotatable bonds is 2. The molecule has 0 fully saturated rings. The summed E-state index contributed by atoms with van der Waals surface area (Å²) in [5, 5.41) is 0. The fourth-order valence-electron chi connectivity index (χ4n) is 2.03. The van der Waals surface area contributed by atoms with Crippen LogP contribution in [0.25, 0.3) is 22.4 Å². The van der Waals surface area contributed by atoms with E-state index in [9.17, 15) is 4.79 Å². The summed E-state index contributed by atoms with van der Waals surface area (Å²) in [5.74, 6) is 0.464. The molecule has 0 saturated carbocycles. The summed E-state index contributed by atoms with van der Waals surface area (Å²) in [7, 11) is 1.38. The lowest BCUT2D eigenvalue weighted by Crippen LogP contribution is -2.03. The number of para-hydroxylation sites is 2. The molecule has 2 aromatic carbocycles. The van der Waals surface area contributed by atoms with Crippen molar-refractivity contribution < 1.29 is 9.53 Å².